The van der Waals surface area contributed by atoms with E-state index in [0.29, 0.717) is 0 Å². The van der Waals surface area contributed by atoms with E-state index in [0.717, 1.165) is 22.8 Å². The van der Waals surface area contributed by atoms with Crippen molar-refractivity contribution in [2.45, 2.75) is 39.8 Å². The Balaban J connectivity index is 2.06. The van der Waals surface area contributed by atoms with E-state index < -0.39 is 0 Å². The molecule has 0 bridgehead atoms. The van der Waals surface area contributed by atoms with Gasteiger partial charge in [-0.2, -0.15) is 5.10 Å². The summed E-state index contributed by atoms with van der Waals surface area (Å²) in [7, 11) is 0. The summed E-state index contributed by atoms with van der Waals surface area (Å²) in [6.45, 7) is 9.18. The van der Waals surface area contributed by atoms with Crippen LogP contribution in [0.25, 0.3) is 0 Å². The molecular weight excluding hydrogens is 258 g/mol. The van der Waals surface area contributed by atoms with Gasteiger partial charge in [0.1, 0.15) is 0 Å². The lowest BCUT2D eigenvalue weighted by molar-refractivity contribution is 0.355. The molecule has 1 aromatic heterocycles. The molecule has 1 N–H and O–H groups in total. The molecule has 4 heteroatoms. The molecule has 0 aliphatic heterocycles. The standard InChI is InChI=1S/C15H20ClN3/c1-11-5-6-13(16)14(7-11)17-8-12-9-18-19(10-12)15(2,3)4/h5-7,9-10,17H,8H2,1-4H3. The average Bonchev–Trinajstić information content (AvgIpc) is 2.79. The maximum atomic E-state index is 6.16. The molecule has 1 heterocycles. The molecule has 2 rings (SSSR count). The van der Waals surface area contributed by atoms with Crippen LogP contribution in [0.3, 0.4) is 0 Å². The lowest BCUT2D eigenvalue weighted by Crippen LogP contribution is -2.21. The van der Waals surface area contributed by atoms with E-state index in [9.17, 15) is 0 Å². The summed E-state index contributed by atoms with van der Waals surface area (Å²) in [6.07, 6.45) is 3.96. The van der Waals surface area contributed by atoms with Crippen molar-refractivity contribution in [2.75, 3.05) is 5.32 Å². The monoisotopic (exact) mass is 277 g/mol. The summed E-state index contributed by atoms with van der Waals surface area (Å²) in [5, 5.41) is 8.48. The molecule has 0 aliphatic rings. The second kappa shape index (κ2) is 5.25. The van der Waals surface area contributed by atoms with E-state index in [1.807, 2.05) is 23.0 Å². The van der Waals surface area contributed by atoms with Crippen LogP contribution in [0.4, 0.5) is 5.69 Å². The summed E-state index contributed by atoms with van der Waals surface area (Å²) in [5.41, 5.74) is 3.31. The Hall–Kier alpha value is -1.48. The van der Waals surface area contributed by atoms with Gasteiger partial charge in [0.2, 0.25) is 0 Å². The number of hydrogen-bond donors (Lipinski definition) is 1. The highest BCUT2D eigenvalue weighted by Crippen LogP contribution is 2.23. The van der Waals surface area contributed by atoms with Crippen LogP contribution >= 0.6 is 11.6 Å². The van der Waals surface area contributed by atoms with Gasteiger partial charge in [-0.3, -0.25) is 4.68 Å². The Morgan fingerprint density at radius 1 is 1.32 bits per heavy atom. The highest BCUT2D eigenvalue weighted by molar-refractivity contribution is 6.33. The van der Waals surface area contributed by atoms with Gasteiger partial charge in [-0.05, 0) is 45.4 Å². The fraction of sp³-hybridized carbons (Fsp3) is 0.400. The third kappa shape index (κ3) is 3.51. The number of anilines is 1. The van der Waals surface area contributed by atoms with Crippen LogP contribution in [0, 0.1) is 6.92 Å². The molecule has 102 valence electrons. The molecule has 0 atom stereocenters. The van der Waals surface area contributed by atoms with Crippen LogP contribution in [0.1, 0.15) is 31.9 Å². The molecule has 3 nitrogen and oxygen atoms in total. The fourth-order valence-electron chi connectivity index (χ4n) is 1.79. The van der Waals surface area contributed by atoms with Crippen molar-refractivity contribution in [1.82, 2.24) is 9.78 Å². The summed E-state index contributed by atoms with van der Waals surface area (Å²) in [6, 6.07) is 5.97. The van der Waals surface area contributed by atoms with Crippen LogP contribution in [0.15, 0.2) is 30.6 Å². The summed E-state index contributed by atoms with van der Waals surface area (Å²) >= 11 is 6.16. The zero-order valence-corrected chi connectivity index (χ0v) is 12.6. The van der Waals surface area contributed by atoms with Gasteiger partial charge in [0.15, 0.2) is 0 Å². The zero-order valence-electron chi connectivity index (χ0n) is 11.9. The highest BCUT2D eigenvalue weighted by atomic mass is 35.5. The molecule has 0 saturated carbocycles. The molecule has 0 amide bonds. The predicted molar refractivity (Wildman–Crippen MR) is 80.7 cm³/mol. The number of aryl methyl sites for hydroxylation is 1. The zero-order chi connectivity index (χ0) is 14.0. The van der Waals surface area contributed by atoms with Gasteiger partial charge in [0.05, 0.1) is 22.4 Å². The van der Waals surface area contributed by atoms with Gasteiger partial charge in [-0.25, -0.2) is 0 Å². The molecule has 0 spiro atoms. The maximum Gasteiger partial charge on any atom is 0.0637 e. The fourth-order valence-corrected chi connectivity index (χ4v) is 1.97. The minimum atomic E-state index is 0.0131. The topological polar surface area (TPSA) is 29.9 Å². The lowest BCUT2D eigenvalue weighted by Gasteiger charge is -2.18. The van der Waals surface area contributed by atoms with Gasteiger partial charge < -0.3 is 5.32 Å². The summed E-state index contributed by atoms with van der Waals surface area (Å²) in [5.74, 6) is 0. The summed E-state index contributed by atoms with van der Waals surface area (Å²) < 4.78 is 1.97. The van der Waals surface area contributed by atoms with Gasteiger partial charge in [-0.15, -0.1) is 0 Å². The minimum Gasteiger partial charge on any atom is -0.380 e. The van der Waals surface area contributed by atoms with Gasteiger partial charge >= 0.3 is 0 Å². The summed E-state index contributed by atoms with van der Waals surface area (Å²) in [4.78, 5) is 0. The van der Waals surface area contributed by atoms with Gasteiger partial charge in [-0.1, -0.05) is 17.7 Å². The Bertz CT molecular complexity index is 567. The van der Waals surface area contributed by atoms with Gasteiger partial charge in [0, 0.05) is 18.3 Å². The van der Waals surface area contributed by atoms with Crippen molar-refractivity contribution in [3.8, 4) is 0 Å². The van der Waals surface area contributed by atoms with Crippen molar-refractivity contribution in [3.05, 3.63) is 46.7 Å². The van der Waals surface area contributed by atoms with Crippen LogP contribution in [-0.2, 0) is 12.1 Å². The Morgan fingerprint density at radius 3 is 2.68 bits per heavy atom. The van der Waals surface area contributed by atoms with E-state index in [-0.39, 0.29) is 5.54 Å². The van der Waals surface area contributed by atoms with Crippen molar-refractivity contribution < 1.29 is 0 Å². The number of halogens is 1. The molecule has 0 aliphatic carbocycles. The second-order valence-electron chi connectivity index (χ2n) is 5.80. The van der Waals surface area contributed by atoms with Crippen LogP contribution in [0.5, 0.6) is 0 Å². The number of nitrogens with one attached hydrogen (secondary N) is 1. The number of aromatic nitrogens is 2. The van der Waals surface area contributed by atoms with E-state index in [1.165, 1.54) is 5.56 Å². The maximum absolute atomic E-state index is 6.16. The van der Waals surface area contributed by atoms with Crippen LogP contribution in [-0.4, -0.2) is 9.78 Å². The number of rotatable bonds is 3. The molecule has 0 radical (unpaired) electrons. The molecule has 0 saturated heterocycles. The molecule has 19 heavy (non-hydrogen) atoms. The molecular formula is C15H20ClN3. The lowest BCUT2D eigenvalue weighted by atomic mass is 10.1. The first-order valence-electron chi connectivity index (χ1n) is 6.40. The van der Waals surface area contributed by atoms with Crippen molar-refractivity contribution in [3.63, 3.8) is 0 Å². The molecule has 0 unspecified atom stereocenters. The Morgan fingerprint density at radius 2 is 2.05 bits per heavy atom. The number of hydrogen-bond acceptors (Lipinski definition) is 2. The number of nitrogens with zero attached hydrogens (tertiary/aromatic N) is 2. The van der Waals surface area contributed by atoms with E-state index in [4.69, 9.17) is 11.6 Å². The first-order chi connectivity index (χ1) is 8.86. The van der Waals surface area contributed by atoms with Crippen LogP contribution < -0.4 is 5.32 Å². The minimum absolute atomic E-state index is 0.0131. The smallest absolute Gasteiger partial charge is 0.0637 e. The quantitative estimate of drug-likeness (QED) is 0.911. The van der Waals surface area contributed by atoms with Crippen molar-refractivity contribution in [2.24, 2.45) is 0 Å². The molecule has 1 aromatic carbocycles. The SMILES string of the molecule is Cc1ccc(Cl)c(NCc2cnn(C(C)(C)C)c2)c1. The number of benzene rings is 1. The third-order valence-corrected chi connectivity index (χ3v) is 3.26. The third-order valence-electron chi connectivity index (χ3n) is 2.93. The largest absolute Gasteiger partial charge is 0.380 e. The predicted octanol–water partition coefficient (Wildman–Crippen LogP) is 4.21. The first kappa shape index (κ1) is 13.9. The van der Waals surface area contributed by atoms with Crippen molar-refractivity contribution >= 4 is 17.3 Å². The van der Waals surface area contributed by atoms with Crippen LogP contribution in [0.2, 0.25) is 5.02 Å². The Kier molecular flexibility index (Phi) is 3.85. The van der Waals surface area contributed by atoms with E-state index in [1.54, 1.807) is 0 Å². The van der Waals surface area contributed by atoms with E-state index in [2.05, 4.69) is 50.4 Å². The average molecular weight is 278 g/mol. The molecule has 2 aromatic rings. The second-order valence-corrected chi connectivity index (χ2v) is 6.21. The molecule has 0 fully saturated rings. The highest BCUT2D eigenvalue weighted by Gasteiger charge is 2.13. The first-order valence-corrected chi connectivity index (χ1v) is 6.78. The van der Waals surface area contributed by atoms with Crippen molar-refractivity contribution in [1.29, 1.82) is 0 Å². The normalized spacial score (nSPS) is 11.6. The van der Waals surface area contributed by atoms with E-state index >= 15 is 0 Å². The van der Waals surface area contributed by atoms with Gasteiger partial charge in [0.25, 0.3) is 0 Å². The Labute approximate surface area is 119 Å².